The highest BCUT2D eigenvalue weighted by Gasteiger charge is 2.29. The second-order valence-electron chi connectivity index (χ2n) is 10.2. The van der Waals surface area contributed by atoms with Gasteiger partial charge in [-0.3, -0.25) is 4.79 Å². The smallest absolute Gasteiger partial charge is 0.250 e. The van der Waals surface area contributed by atoms with E-state index in [0.29, 0.717) is 24.6 Å². The summed E-state index contributed by atoms with van der Waals surface area (Å²) >= 11 is 0. The first-order valence-electron chi connectivity index (χ1n) is 12.9. The van der Waals surface area contributed by atoms with Gasteiger partial charge in [0.15, 0.2) is 0 Å². The highest BCUT2D eigenvalue weighted by Crippen LogP contribution is 2.37. The molecule has 0 saturated carbocycles. The molecule has 2 aromatic carbocycles. The summed E-state index contributed by atoms with van der Waals surface area (Å²) in [6, 6.07) is 12.5. The molecule has 0 spiro atoms. The number of aromatic amines is 1. The quantitative estimate of drug-likeness (QED) is 0.354. The summed E-state index contributed by atoms with van der Waals surface area (Å²) in [6.07, 6.45) is 4.40. The number of carbonyl (C=O) groups is 1. The fourth-order valence-corrected chi connectivity index (χ4v) is 6.24. The van der Waals surface area contributed by atoms with Gasteiger partial charge in [0, 0.05) is 24.7 Å². The van der Waals surface area contributed by atoms with Crippen LogP contribution in [-0.4, -0.2) is 55.5 Å². The summed E-state index contributed by atoms with van der Waals surface area (Å²) in [5.41, 5.74) is 11.4. The number of carbonyl (C=O) groups excluding carboxylic acids is 1. The number of aromatic nitrogens is 1. The zero-order chi connectivity index (χ0) is 25.9. The third-order valence-electron chi connectivity index (χ3n) is 7.14. The van der Waals surface area contributed by atoms with Crippen molar-refractivity contribution in [3.63, 3.8) is 0 Å². The number of piperidine rings is 1. The van der Waals surface area contributed by atoms with Gasteiger partial charge < -0.3 is 16.0 Å². The number of rotatable bonds is 10. The molecule has 4 rings (SSSR count). The van der Waals surface area contributed by atoms with Crippen LogP contribution in [0, 0.1) is 5.92 Å². The van der Waals surface area contributed by atoms with Gasteiger partial charge in [0.05, 0.1) is 16.8 Å². The van der Waals surface area contributed by atoms with Gasteiger partial charge in [-0.2, -0.15) is 0 Å². The summed E-state index contributed by atoms with van der Waals surface area (Å²) in [6.45, 7) is 9.04. The Labute approximate surface area is 214 Å². The Hall–Kier alpha value is -2.68. The van der Waals surface area contributed by atoms with Crippen LogP contribution in [0.15, 0.2) is 42.6 Å². The van der Waals surface area contributed by atoms with E-state index in [1.165, 1.54) is 5.56 Å². The zero-order valence-corrected chi connectivity index (χ0v) is 22.3. The first kappa shape index (κ1) is 26.4. The predicted molar refractivity (Wildman–Crippen MR) is 147 cm³/mol. The molecule has 1 fully saturated rings. The van der Waals surface area contributed by atoms with E-state index in [9.17, 15) is 13.2 Å². The third-order valence-corrected chi connectivity index (χ3v) is 9.02. The molecule has 1 aromatic heterocycles. The molecule has 1 saturated heterocycles. The van der Waals surface area contributed by atoms with E-state index in [-0.39, 0.29) is 11.7 Å². The Morgan fingerprint density at radius 1 is 1.17 bits per heavy atom. The van der Waals surface area contributed by atoms with Crippen molar-refractivity contribution < 1.29 is 13.2 Å². The van der Waals surface area contributed by atoms with Gasteiger partial charge in [-0.05, 0) is 85.5 Å². The average Bonchev–Trinajstić information content (AvgIpc) is 3.30. The predicted octanol–water partition coefficient (Wildman–Crippen LogP) is 4.25. The zero-order valence-electron chi connectivity index (χ0n) is 21.5. The Balaban J connectivity index is 1.63. The van der Waals surface area contributed by atoms with E-state index in [1.807, 2.05) is 12.3 Å². The summed E-state index contributed by atoms with van der Waals surface area (Å²) in [5.74, 6) is 0.502. The van der Waals surface area contributed by atoms with E-state index in [0.717, 1.165) is 59.9 Å². The normalized spacial score (nSPS) is 15.7. The lowest BCUT2D eigenvalue weighted by atomic mass is 9.88. The number of fused-ring (bicyclic) bond motifs is 1. The maximum absolute atomic E-state index is 12.4. The highest BCUT2D eigenvalue weighted by molar-refractivity contribution is 7.89. The van der Waals surface area contributed by atoms with Crippen LogP contribution in [0.5, 0.6) is 0 Å². The first-order chi connectivity index (χ1) is 17.2. The first-order valence-corrected chi connectivity index (χ1v) is 14.5. The standard InChI is InChI=1S/C28H38N4O3S/c1-4-36(34,35)32-12-9-21(10-13-32)26-18-31-27-24(26)15-23(16-25(27)28(29)33)22-7-5-6-20(14-22)8-11-30-17-19(2)3/h5-7,14-16,18-19,21,30-31H,4,8-13,17H2,1-3H3,(H2,29,33). The number of amides is 1. The second kappa shape index (κ2) is 11.2. The minimum atomic E-state index is -3.17. The monoisotopic (exact) mass is 510 g/mol. The maximum atomic E-state index is 12.4. The van der Waals surface area contributed by atoms with Gasteiger partial charge in [0.25, 0.3) is 5.91 Å². The molecule has 8 heteroatoms. The molecule has 3 aromatic rings. The van der Waals surface area contributed by atoms with Crippen molar-refractivity contribution >= 4 is 26.8 Å². The summed E-state index contributed by atoms with van der Waals surface area (Å²) in [5, 5.41) is 4.48. The fraction of sp³-hybridized carbons (Fsp3) is 0.464. The SMILES string of the molecule is CCS(=O)(=O)N1CCC(c2c[nH]c3c(C(N)=O)cc(-c4cccc(CCNCC(C)C)c4)cc23)CC1. The number of hydrogen-bond donors (Lipinski definition) is 3. The van der Waals surface area contributed by atoms with Gasteiger partial charge >= 0.3 is 0 Å². The molecule has 2 heterocycles. The van der Waals surface area contributed by atoms with Gasteiger partial charge in [0.2, 0.25) is 10.0 Å². The number of primary amides is 1. The number of benzene rings is 2. The van der Waals surface area contributed by atoms with Crippen LogP contribution in [0.1, 0.15) is 61.0 Å². The minimum Gasteiger partial charge on any atom is -0.366 e. The Morgan fingerprint density at radius 3 is 2.58 bits per heavy atom. The third kappa shape index (κ3) is 5.82. The molecule has 0 atom stereocenters. The van der Waals surface area contributed by atoms with Gasteiger partial charge in [-0.1, -0.05) is 38.1 Å². The van der Waals surface area contributed by atoms with Gasteiger partial charge in [0.1, 0.15) is 0 Å². The lowest BCUT2D eigenvalue weighted by molar-refractivity contribution is 0.100. The van der Waals surface area contributed by atoms with Crippen molar-refractivity contribution in [2.45, 2.75) is 46.0 Å². The molecule has 0 radical (unpaired) electrons. The maximum Gasteiger partial charge on any atom is 0.250 e. The van der Waals surface area contributed by atoms with Crippen LogP contribution < -0.4 is 11.1 Å². The van der Waals surface area contributed by atoms with E-state index in [1.54, 1.807) is 11.2 Å². The lowest BCUT2D eigenvalue weighted by Crippen LogP contribution is -2.38. The molecule has 0 aliphatic carbocycles. The molecule has 1 amide bonds. The van der Waals surface area contributed by atoms with Crippen LogP contribution in [-0.2, 0) is 16.4 Å². The van der Waals surface area contributed by atoms with Crippen molar-refractivity contribution in [2.75, 3.05) is 31.9 Å². The van der Waals surface area contributed by atoms with E-state index in [2.05, 4.69) is 54.5 Å². The highest BCUT2D eigenvalue weighted by atomic mass is 32.2. The van der Waals surface area contributed by atoms with Gasteiger partial charge in [-0.25, -0.2) is 12.7 Å². The Morgan fingerprint density at radius 2 is 1.92 bits per heavy atom. The number of sulfonamides is 1. The number of H-pyrrole nitrogens is 1. The van der Waals surface area contributed by atoms with Crippen LogP contribution in [0.4, 0.5) is 0 Å². The molecule has 194 valence electrons. The second-order valence-corrected chi connectivity index (χ2v) is 12.4. The molecular weight excluding hydrogens is 472 g/mol. The molecule has 4 N–H and O–H groups in total. The number of nitrogens with two attached hydrogens (primary N) is 1. The minimum absolute atomic E-state index is 0.128. The molecular formula is C28H38N4O3S. The number of hydrogen-bond acceptors (Lipinski definition) is 4. The number of nitrogens with zero attached hydrogens (tertiary/aromatic N) is 1. The fourth-order valence-electron chi connectivity index (χ4n) is 5.11. The van der Waals surface area contributed by atoms with Gasteiger partial charge in [-0.15, -0.1) is 0 Å². The van der Waals surface area contributed by atoms with E-state index in [4.69, 9.17) is 5.73 Å². The van der Waals surface area contributed by atoms with Crippen LogP contribution >= 0.6 is 0 Å². The van der Waals surface area contributed by atoms with Crippen molar-refractivity contribution in [1.29, 1.82) is 0 Å². The van der Waals surface area contributed by atoms with E-state index < -0.39 is 15.9 Å². The van der Waals surface area contributed by atoms with Crippen molar-refractivity contribution in [3.8, 4) is 11.1 Å². The van der Waals surface area contributed by atoms with Crippen molar-refractivity contribution in [1.82, 2.24) is 14.6 Å². The van der Waals surface area contributed by atoms with Crippen LogP contribution in [0.25, 0.3) is 22.0 Å². The van der Waals surface area contributed by atoms with E-state index >= 15 is 0 Å². The molecule has 36 heavy (non-hydrogen) atoms. The molecule has 0 bridgehead atoms. The summed E-state index contributed by atoms with van der Waals surface area (Å²) < 4.78 is 26.2. The van der Waals surface area contributed by atoms with Crippen LogP contribution in [0.2, 0.25) is 0 Å². The largest absolute Gasteiger partial charge is 0.366 e. The Bertz CT molecular complexity index is 1320. The number of nitrogens with one attached hydrogen (secondary N) is 2. The molecule has 1 aliphatic rings. The topological polar surface area (TPSA) is 108 Å². The summed E-state index contributed by atoms with van der Waals surface area (Å²) in [7, 11) is -3.17. The Kier molecular flexibility index (Phi) is 8.17. The molecule has 1 aliphatic heterocycles. The lowest BCUT2D eigenvalue weighted by Gasteiger charge is -2.31. The van der Waals surface area contributed by atoms with Crippen molar-refractivity contribution in [3.05, 3.63) is 59.3 Å². The van der Waals surface area contributed by atoms with Crippen LogP contribution in [0.3, 0.4) is 0 Å². The molecule has 7 nitrogen and oxygen atoms in total. The average molecular weight is 511 g/mol. The van der Waals surface area contributed by atoms with Crippen molar-refractivity contribution in [2.24, 2.45) is 11.7 Å². The molecule has 0 unspecified atom stereocenters. The summed E-state index contributed by atoms with van der Waals surface area (Å²) in [4.78, 5) is 15.7.